The van der Waals surface area contributed by atoms with Gasteiger partial charge >= 0.3 is 6.18 Å². The minimum Gasteiger partial charge on any atom is -0.482 e. The molecule has 0 radical (unpaired) electrons. The standard InChI is InChI=1S/C20H21F3N4O4/c1-11-5-13(25-6-16(11)31-10-20(21,22)23)7-27-8-15-14(19(27)30)3-4-24-17(15)18(29)26-12(2)9-28/h3-6,12,28H,7-10H2,1-2H3,(H,26,29)/t12-/m0/s1. The van der Waals surface area contributed by atoms with Gasteiger partial charge < -0.3 is 20.1 Å². The first kappa shape index (κ1) is 22.5. The number of aliphatic hydroxyl groups excluding tert-OH is 1. The van der Waals surface area contributed by atoms with Crippen LogP contribution in [-0.2, 0) is 13.1 Å². The lowest BCUT2D eigenvalue weighted by atomic mass is 10.1. The first-order valence-electron chi connectivity index (χ1n) is 9.43. The highest BCUT2D eigenvalue weighted by Gasteiger charge is 2.32. The zero-order valence-electron chi connectivity index (χ0n) is 16.9. The molecule has 0 aliphatic carbocycles. The number of pyridine rings is 2. The molecule has 0 unspecified atom stereocenters. The Bertz CT molecular complexity index is 997. The number of aromatic nitrogens is 2. The van der Waals surface area contributed by atoms with Crippen LogP contribution in [0, 0.1) is 6.92 Å². The summed E-state index contributed by atoms with van der Waals surface area (Å²) in [6.45, 7) is 1.80. The van der Waals surface area contributed by atoms with Gasteiger partial charge in [0.1, 0.15) is 11.4 Å². The van der Waals surface area contributed by atoms with Crippen LogP contribution in [0.4, 0.5) is 13.2 Å². The second kappa shape index (κ2) is 8.88. The molecule has 31 heavy (non-hydrogen) atoms. The summed E-state index contributed by atoms with van der Waals surface area (Å²) in [4.78, 5) is 34.9. The quantitative estimate of drug-likeness (QED) is 0.685. The summed E-state index contributed by atoms with van der Waals surface area (Å²) in [6.07, 6.45) is -1.89. The van der Waals surface area contributed by atoms with Gasteiger partial charge in [-0.2, -0.15) is 13.2 Å². The van der Waals surface area contributed by atoms with Gasteiger partial charge in [0.25, 0.3) is 11.8 Å². The summed E-state index contributed by atoms with van der Waals surface area (Å²) in [5, 5.41) is 11.7. The molecule has 0 saturated heterocycles. The van der Waals surface area contributed by atoms with E-state index in [2.05, 4.69) is 15.3 Å². The molecule has 1 aliphatic rings. The van der Waals surface area contributed by atoms with Crippen LogP contribution in [0.5, 0.6) is 5.75 Å². The summed E-state index contributed by atoms with van der Waals surface area (Å²) in [7, 11) is 0. The fourth-order valence-electron chi connectivity index (χ4n) is 3.14. The third-order valence-electron chi connectivity index (χ3n) is 4.65. The van der Waals surface area contributed by atoms with E-state index in [-0.39, 0.29) is 37.0 Å². The van der Waals surface area contributed by atoms with Gasteiger partial charge in [-0.3, -0.25) is 19.6 Å². The Balaban J connectivity index is 1.74. The number of hydrogen-bond acceptors (Lipinski definition) is 6. The number of fused-ring (bicyclic) bond motifs is 1. The molecule has 1 aliphatic heterocycles. The summed E-state index contributed by atoms with van der Waals surface area (Å²) in [6, 6.07) is 2.61. The third-order valence-corrected chi connectivity index (χ3v) is 4.65. The van der Waals surface area contributed by atoms with Gasteiger partial charge in [0.05, 0.1) is 25.0 Å². The molecule has 0 fully saturated rings. The lowest BCUT2D eigenvalue weighted by molar-refractivity contribution is -0.153. The highest BCUT2D eigenvalue weighted by Crippen LogP contribution is 2.27. The maximum Gasteiger partial charge on any atom is 0.422 e. The van der Waals surface area contributed by atoms with Crippen molar-refractivity contribution in [1.82, 2.24) is 20.2 Å². The van der Waals surface area contributed by atoms with Gasteiger partial charge in [-0.25, -0.2) is 0 Å². The maximum absolute atomic E-state index is 12.8. The van der Waals surface area contributed by atoms with Crippen LogP contribution < -0.4 is 10.1 Å². The number of amides is 2. The van der Waals surface area contributed by atoms with Crippen LogP contribution in [-0.4, -0.2) is 57.2 Å². The number of halogens is 3. The first-order valence-corrected chi connectivity index (χ1v) is 9.43. The van der Waals surface area contributed by atoms with E-state index in [0.717, 1.165) is 0 Å². The monoisotopic (exact) mass is 438 g/mol. The zero-order chi connectivity index (χ0) is 22.8. The zero-order valence-corrected chi connectivity index (χ0v) is 16.9. The average Bonchev–Trinajstić information content (AvgIpc) is 3.02. The SMILES string of the molecule is Cc1cc(CN2Cc3c(ccnc3C(=O)N[C@@H](C)CO)C2=O)ncc1OCC(F)(F)F. The predicted molar refractivity (Wildman–Crippen MR) is 102 cm³/mol. The van der Waals surface area contributed by atoms with Crippen molar-refractivity contribution >= 4 is 11.8 Å². The van der Waals surface area contributed by atoms with E-state index in [1.165, 1.54) is 23.4 Å². The van der Waals surface area contributed by atoms with E-state index in [4.69, 9.17) is 9.84 Å². The number of alkyl halides is 3. The molecule has 3 heterocycles. The molecular formula is C20H21F3N4O4. The number of aliphatic hydroxyl groups is 1. The van der Waals surface area contributed by atoms with Gasteiger partial charge in [-0.15, -0.1) is 0 Å². The highest BCUT2D eigenvalue weighted by atomic mass is 19.4. The van der Waals surface area contributed by atoms with E-state index in [0.29, 0.717) is 22.4 Å². The number of ether oxygens (including phenoxy) is 1. The maximum atomic E-state index is 12.8. The summed E-state index contributed by atoms with van der Waals surface area (Å²) >= 11 is 0. The van der Waals surface area contributed by atoms with Gasteiger partial charge in [-0.1, -0.05) is 0 Å². The average molecular weight is 438 g/mol. The third kappa shape index (κ3) is 5.29. The van der Waals surface area contributed by atoms with Crippen molar-refractivity contribution < 1.29 is 32.6 Å². The smallest absolute Gasteiger partial charge is 0.422 e. The van der Waals surface area contributed by atoms with Crippen molar-refractivity contribution in [3.05, 3.63) is 52.6 Å². The molecule has 2 amide bonds. The molecular weight excluding hydrogens is 417 g/mol. The Labute approximate surface area is 176 Å². The molecule has 0 saturated carbocycles. The number of nitrogens with zero attached hydrogens (tertiary/aromatic N) is 3. The number of aryl methyl sites for hydroxylation is 1. The number of carbonyl (C=O) groups excluding carboxylic acids is 2. The largest absolute Gasteiger partial charge is 0.482 e. The summed E-state index contributed by atoms with van der Waals surface area (Å²) < 4.78 is 41.8. The minimum atomic E-state index is -4.45. The fourth-order valence-corrected chi connectivity index (χ4v) is 3.14. The molecule has 1 atom stereocenters. The Morgan fingerprint density at radius 1 is 1.39 bits per heavy atom. The summed E-state index contributed by atoms with van der Waals surface area (Å²) in [5.41, 5.74) is 1.84. The van der Waals surface area contributed by atoms with Crippen LogP contribution in [0.3, 0.4) is 0 Å². The van der Waals surface area contributed by atoms with Crippen LogP contribution in [0.15, 0.2) is 24.5 Å². The van der Waals surface area contributed by atoms with Crippen molar-refractivity contribution in [2.24, 2.45) is 0 Å². The number of carbonyl (C=O) groups is 2. The van der Waals surface area contributed by atoms with E-state index in [1.54, 1.807) is 19.9 Å². The topological polar surface area (TPSA) is 105 Å². The highest BCUT2D eigenvalue weighted by molar-refractivity contribution is 6.03. The molecule has 0 bridgehead atoms. The van der Waals surface area contributed by atoms with E-state index < -0.39 is 24.7 Å². The number of nitrogens with one attached hydrogen (secondary N) is 1. The minimum absolute atomic E-state index is 0.0123. The van der Waals surface area contributed by atoms with Crippen molar-refractivity contribution in [1.29, 1.82) is 0 Å². The van der Waals surface area contributed by atoms with Crippen molar-refractivity contribution in [2.45, 2.75) is 39.2 Å². The van der Waals surface area contributed by atoms with Gasteiger partial charge in [0, 0.05) is 29.9 Å². The molecule has 0 spiro atoms. The Morgan fingerprint density at radius 2 is 2.13 bits per heavy atom. The van der Waals surface area contributed by atoms with Crippen LogP contribution in [0.2, 0.25) is 0 Å². The molecule has 166 valence electrons. The molecule has 2 N–H and O–H groups in total. The lowest BCUT2D eigenvalue weighted by Gasteiger charge is -2.17. The van der Waals surface area contributed by atoms with Crippen LogP contribution >= 0.6 is 0 Å². The first-order chi connectivity index (χ1) is 14.6. The van der Waals surface area contributed by atoms with Crippen molar-refractivity contribution in [3.8, 4) is 5.75 Å². The molecule has 2 aromatic rings. The van der Waals surface area contributed by atoms with Gasteiger partial charge in [0.2, 0.25) is 0 Å². The molecule has 0 aromatic carbocycles. The van der Waals surface area contributed by atoms with Crippen molar-refractivity contribution in [2.75, 3.05) is 13.2 Å². The molecule has 3 rings (SSSR count). The molecule has 11 heteroatoms. The second-order valence-corrected chi connectivity index (χ2v) is 7.25. The second-order valence-electron chi connectivity index (χ2n) is 7.25. The van der Waals surface area contributed by atoms with Crippen molar-refractivity contribution in [3.63, 3.8) is 0 Å². The van der Waals surface area contributed by atoms with E-state index in [9.17, 15) is 22.8 Å². The summed E-state index contributed by atoms with van der Waals surface area (Å²) in [5.74, 6) is -0.787. The fraction of sp³-hybridized carbons (Fsp3) is 0.400. The Kier molecular flexibility index (Phi) is 6.44. The number of rotatable bonds is 7. The Hall–Kier alpha value is -3.21. The molecule has 2 aromatic heterocycles. The van der Waals surface area contributed by atoms with E-state index >= 15 is 0 Å². The van der Waals surface area contributed by atoms with Gasteiger partial charge in [-0.05, 0) is 31.5 Å². The Morgan fingerprint density at radius 3 is 2.77 bits per heavy atom. The van der Waals surface area contributed by atoms with Gasteiger partial charge in [0.15, 0.2) is 6.61 Å². The van der Waals surface area contributed by atoms with Crippen LogP contribution in [0.25, 0.3) is 0 Å². The predicted octanol–water partition coefficient (Wildman–Crippen LogP) is 1.99. The van der Waals surface area contributed by atoms with E-state index in [1.807, 2.05) is 0 Å². The van der Waals surface area contributed by atoms with Crippen LogP contribution in [0.1, 0.15) is 44.6 Å². The number of hydrogen-bond donors (Lipinski definition) is 2. The normalized spacial score (nSPS) is 14.4. The molecule has 8 nitrogen and oxygen atoms in total. The lowest BCUT2D eigenvalue weighted by Crippen LogP contribution is -2.36.